The van der Waals surface area contributed by atoms with Gasteiger partial charge in [-0.3, -0.25) is 0 Å². The smallest absolute Gasteiger partial charge is 0.0730 e. The second-order valence-corrected chi connectivity index (χ2v) is 14.2. The Bertz CT molecular complexity index is 2610. The number of aryl methyl sites for hydroxylation is 2. The Balaban J connectivity index is 0.000000126. The van der Waals surface area contributed by atoms with Crippen LogP contribution in [0.5, 0.6) is 0 Å². The largest absolute Gasteiger partial charge is 0.399 e. The number of benzene rings is 6. The van der Waals surface area contributed by atoms with E-state index in [1.165, 1.54) is 22.1 Å². The molecular weight excluding hydrogens is 667 g/mol. The molecule has 0 aliphatic rings. The van der Waals surface area contributed by atoms with Crippen molar-refractivity contribution in [3.63, 3.8) is 0 Å². The van der Waals surface area contributed by atoms with Crippen LogP contribution < -0.4 is 32.7 Å². The molecule has 0 radical (unpaired) electrons. The summed E-state index contributed by atoms with van der Waals surface area (Å²) in [5.41, 5.74) is 36.5. The second-order valence-electron chi connectivity index (χ2n) is 14.2. The zero-order valence-corrected chi connectivity index (χ0v) is 31.5. The van der Waals surface area contributed by atoms with Crippen LogP contribution in [0.4, 0.5) is 34.1 Å². The van der Waals surface area contributed by atoms with Gasteiger partial charge in [0.05, 0.1) is 33.1 Å². The molecule has 3 aromatic heterocycles. The van der Waals surface area contributed by atoms with Crippen LogP contribution in [-0.4, -0.2) is 43.1 Å². The minimum atomic E-state index is 0.725. The van der Waals surface area contributed by atoms with Gasteiger partial charge in [0.15, 0.2) is 0 Å². The van der Waals surface area contributed by atoms with Crippen LogP contribution >= 0.6 is 0 Å². The first kappa shape index (κ1) is 35.5. The second kappa shape index (κ2) is 14.3. The van der Waals surface area contributed by atoms with E-state index in [4.69, 9.17) is 27.9 Å². The molecule has 0 atom stereocenters. The minimum absolute atomic E-state index is 0.725. The maximum Gasteiger partial charge on any atom is 0.0730 e. The summed E-state index contributed by atoms with van der Waals surface area (Å²) in [6, 6.07) is 38.7. The Kier molecular flexibility index (Phi) is 9.39. The Morgan fingerprint density at radius 2 is 0.667 bits per heavy atom. The molecule has 0 amide bonds. The number of hydrogen-bond acceptors (Lipinski definition) is 9. The van der Waals surface area contributed by atoms with Crippen LogP contribution in [0.2, 0.25) is 0 Å². The van der Waals surface area contributed by atoms with E-state index in [0.29, 0.717) is 0 Å². The quantitative estimate of drug-likeness (QED) is 0.102. The molecule has 0 aliphatic heterocycles. The molecule has 270 valence electrons. The number of pyridine rings is 3. The van der Waals surface area contributed by atoms with Crippen LogP contribution in [0.3, 0.4) is 0 Å². The van der Waals surface area contributed by atoms with E-state index in [0.717, 1.165) is 88.5 Å². The zero-order valence-electron chi connectivity index (χ0n) is 31.5. The highest BCUT2D eigenvalue weighted by Gasteiger charge is 2.07. The van der Waals surface area contributed by atoms with E-state index >= 15 is 0 Å². The highest BCUT2D eigenvalue weighted by Crippen LogP contribution is 2.28. The number of rotatable bonds is 2. The van der Waals surface area contributed by atoms with Crippen molar-refractivity contribution in [3.05, 3.63) is 126 Å². The van der Waals surface area contributed by atoms with E-state index in [2.05, 4.69) is 86.5 Å². The molecule has 9 heteroatoms. The van der Waals surface area contributed by atoms with Gasteiger partial charge in [0.2, 0.25) is 0 Å². The first-order chi connectivity index (χ1) is 25.8. The van der Waals surface area contributed by atoms with E-state index in [9.17, 15) is 0 Å². The van der Waals surface area contributed by atoms with Gasteiger partial charge in [-0.2, -0.15) is 0 Å². The summed E-state index contributed by atoms with van der Waals surface area (Å²) < 4.78 is 0. The van der Waals surface area contributed by atoms with Crippen molar-refractivity contribution in [2.75, 3.05) is 60.9 Å². The van der Waals surface area contributed by atoms with Crippen molar-refractivity contribution in [1.29, 1.82) is 0 Å². The molecule has 0 saturated heterocycles. The van der Waals surface area contributed by atoms with Crippen molar-refractivity contribution >= 4 is 99.5 Å². The number of nitrogen functional groups attached to an aromatic ring is 4. The van der Waals surface area contributed by atoms with Gasteiger partial charge >= 0.3 is 0 Å². The monoisotopic (exact) mass is 711 g/mol. The van der Waals surface area contributed by atoms with Crippen molar-refractivity contribution in [2.24, 2.45) is 0 Å². The molecule has 9 nitrogen and oxygen atoms in total. The summed E-state index contributed by atoms with van der Waals surface area (Å²) in [5.74, 6) is 0. The van der Waals surface area contributed by atoms with Crippen LogP contribution in [0.25, 0.3) is 65.4 Å². The number of nitrogens with zero attached hydrogens (tertiary/aromatic N) is 5. The molecule has 0 spiro atoms. The van der Waals surface area contributed by atoms with Crippen LogP contribution in [0.1, 0.15) is 11.1 Å². The van der Waals surface area contributed by atoms with E-state index in [1.807, 2.05) is 90.6 Å². The molecule has 0 aliphatic carbocycles. The lowest BCUT2D eigenvalue weighted by molar-refractivity contribution is 1.13. The van der Waals surface area contributed by atoms with Gasteiger partial charge < -0.3 is 32.7 Å². The molecule has 0 fully saturated rings. The molecule has 54 heavy (non-hydrogen) atoms. The van der Waals surface area contributed by atoms with Crippen LogP contribution in [0.15, 0.2) is 115 Å². The minimum Gasteiger partial charge on any atom is -0.399 e. The molecule has 9 rings (SSSR count). The normalized spacial score (nSPS) is 11.1. The average Bonchev–Trinajstić information content (AvgIpc) is 3.13. The van der Waals surface area contributed by atoms with E-state index in [-0.39, 0.29) is 0 Å². The molecule has 0 saturated carbocycles. The van der Waals surface area contributed by atoms with Crippen molar-refractivity contribution in [2.45, 2.75) is 13.8 Å². The number of nitrogens with two attached hydrogens (primary N) is 4. The van der Waals surface area contributed by atoms with Gasteiger partial charge in [0, 0.05) is 94.6 Å². The summed E-state index contributed by atoms with van der Waals surface area (Å²) in [6.45, 7) is 4.01. The summed E-state index contributed by atoms with van der Waals surface area (Å²) in [5, 5.41) is 6.76. The SMILES string of the molecule is CN(C)c1ccc2cc3ccc(N(C)C)cc3nc2c1.Cc1cc2cc3cc(C)c(N)cc3nc2cc1N.Nc1ccc2cc3ccc(N)cc3nc2c1. The lowest BCUT2D eigenvalue weighted by Crippen LogP contribution is -2.08. The Hall–Kier alpha value is -6.87. The molecule has 8 N–H and O–H groups in total. The van der Waals surface area contributed by atoms with Gasteiger partial charge in [-0.25, -0.2) is 15.0 Å². The third kappa shape index (κ3) is 7.38. The topological polar surface area (TPSA) is 149 Å². The Morgan fingerprint density at radius 1 is 0.352 bits per heavy atom. The van der Waals surface area contributed by atoms with Crippen molar-refractivity contribution < 1.29 is 0 Å². The molecule has 3 heterocycles. The number of aromatic nitrogens is 3. The highest BCUT2D eigenvalue weighted by molar-refractivity contribution is 5.97. The van der Waals surface area contributed by atoms with E-state index in [1.54, 1.807) is 0 Å². The van der Waals surface area contributed by atoms with Gasteiger partial charge in [-0.15, -0.1) is 0 Å². The summed E-state index contributed by atoms with van der Waals surface area (Å²) in [7, 11) is 8.19. The average molecular weight is 712 g/mol. The molecule has 6 aromatic carbocycles. The first-order valence-corrected chi connectivity index (χ1v) is 17.7. The zero-order chi connectivity index (χ0) is 38.3. The van der Waals surface area contributed by atoms with Gasteiger partial charge in [0.25, 0.3) is 0 Å². The number of hydrogen-bond donors (Lipinski definition) is 4. The first-order valence-electron chi connectivity index (χ1n) is 17.7. The van der Waals surface area contributed by atoms with Gasteiger partial charge in [0.1, 0.15) is 0 Å². The maximum atomic E-state index is 5.92. The van der Waals surface area contributed by atoms with Crippen LogP contribution in [-0.2, 0) is 0 Å². The molecule has 0 unspecified atom stereocenters. The van der Waals surface area contributed by atoms with Gasteiger partial charge in [-0.1, -0.05) is 24.3 Å². The van der Waals surface area contributed by atoms with Crippen molar-refractivity contribution in [1.82, 2.24) is 15.0 Å². The van der Waals surface area contributed by atoms with Crippen LogP contribution in [0, 0.1) is 13.8 Å². The Labute approximate surface area is 314 Å². The summed E-state index contributed by atoms with van der Waals surface area (Å²) in [4.78, 5) is 18.2. The third-order valence-electron chi connectivity index (χ3n) is 9.66. The molecule has 0 bridgehead atoms. The molecule has 9 aromatic rings. The summed E-state index contributed by atoms with van der Waals surface area (Å²) in [6.07, 6.45) is 0. The molecular formula is C45H45N9. The Morgan fingerprint density at radius 3 is 1.04 bits per heavy atom. The highest BCUT2D eigenvalue weighted by atomic mass is 15.1. The third-order valence-corrected chi connectivity index (χ3v) is 9.66. The fourth-order valence-corrected chi connectivity index (χ4v) is 6.40. The standard InChI is InChI=1S/C17H19N3.C15H15N3.C13H11N3/c1-19(2)14-7-5-12-9-13-6-8-15(20(3)4)11-17(13)18-16(12)10-14;1-8-3-10-5-11-4-9(2)13(17)7-15(11)18-14(10)6-12(8)16;14-10-3-1-8-5-9-2-4-11(15)7-13(9)16-12(8)6-10/h5-11H,1-4H3;3-7H,16-17H2,1-2H3;1-7H,14-15H2. The lowest BCUT2D eigenvalue weighted by atomic mass is 10.1. The maximum absolute atomic E-state index is 5.92. The predicted molar refractivity (Wildman–Crippen MR) is 234 cm³/mol. The van der Waals surface area contributed by atoms with Crippen molar-refractivity contribution in [3.8, 4) is 0 Å². The number of fused-ring (bicyclic) bond motifs is 6. The van der Waals surface area contributed by atoms with E-state index < -0.39 is 0 Å². The predicted octanol–water partition coefficient (Wildman–Crippen LogP) is 9.24. The lowest BCUT2D eigenvalue weighted by Gasteiger charge is -2.14. The fraction of sp³-hybridized carbons (Fsp3) is 0.133. The summed E-state index contributed by atoms with van der Waals surface area (Å²) >= 11 is 0. The fourth-order valence-electron chi connectivity index (χ4n) is 6.40. The van der Waals surface area contributed by atoms with Gasteiger partial charge in [-0.05, 0) is 116 Å². The number of anilines is 6.